The number of rotatable bonds is 7. The van der Waals surface area contributed by atoms with Gasteiger partial charge in [0.1, 0.15) is 5.54 Å². The number of likely N-dealkylation sites (tertiary alicyclic amines) is 1. The third-order valence-electron chi connectivity index (χ3n) is 3.17. The lowest BCUT2D eigenvalue weighted by Crippen LogP contribution is -2.57. The van der Waals surface area contributed by atoms with E-state index < -0.39 is 25.4 Å². The van der Waals surface area contributed by atoms with E-state index in [1.54, 1.807) is 0 Å². The quantitative estimate of drug-likeness (QED) is 0.430. The van der Waals surface area contributed by atoms with Crippen LogP contribution < -0.4 is 5.32 Å². The Labute approximate surface area is 101 Å². The Morgan fingerprint density at radius 1 is 1.12 bits per heavy atom. The van der Waals surface area contributed by atoms with Crippen LogP contribution in [0.1, 0.15) is 19.3 Å². The van der Waals surface area contributed by atoms with Crippen LogP contribution in [-0.4, -0.2) is 71.1 Å². The molecule has 1 saturated heterocycles. The second-order valence-corrected chi connectivity index (χ2v) is 4.60. The Morgan fingerprint density at radius 3 is 2.12 bits per heavy atom. The van der Waals surface area contributed by atoms with Crippen LogP contribution in [-0.2, 0) is 4.79 Å². The first-order chi connectivity index (χ1) is 8.15. The summed E-state index contributed by atoms with van der Waals surface area (Å²) in [6, 6.07) is 0. The first-order valence-corrected chi connectivity index (χ1v) is 6.02. The van der Waals surface area contributed by atoms with Gasteiger partial charge in [-0.15, -0.1) is 0 Å². The van der Waals surface area contributed by atoms with Crippen LogP contribution in [0.25, 0.3) is 0 Å². The SMILES string of the molecule is O=C(CCN1CCCC1)NC(CO)(CO)CO. The van der Waals surface area contributed by atoms with Gasteiger partial charge in [-0.3, -0.25) is 4.79 Å². The minimum absolute atomic E-state index is 0.256. The maximum absolute atomic E-state index is 11.6. The minimum atomic E-state index is -1.30. The maximum Gasteiger partial charge on any atom is 0.221 e. The zero-order valence-electron chi connectivity index (χ0n) is 10.1. The van der Waals surface area contributed by atoms with Gasteiger partial charge in [-0.2, -0.15) is 0 Å². The van der Waals surface area contributed by atoms with Crippen molar-refractivity contribution < 1.29 is 20.1 Å². The van der Waals surface area contributed by atoms with Crippen LogP contribution in [0.3, 0.4) is 0 Å². The van der Waals surface area contributed by atoms with Crippen LogP contribution in [0.4, 0.5) is 0 Å². The molecule has 6 heteroatoms. The van der Waals surface area contributed by atoms with Gasteiger partial charge in [0, 0.05) is 13.0 Å². The zero-order chi connectivity index (χ0) is 12.7. The molecule has 100 valence electrons. The van der Waals surface area contributed by atoms with E-state index in [4.69, 9.17) is 15.3 Å². The van der Waals surface area contributed by atoms with Crippen molar-refractivity contribution in [3.05, 3.63) is 0 Å². The zero-order valence-corrected chi connectivity index (χ0v) is 10.1. The van der Waals surface area contributed by atoms with Crippen molar-refractivity contribution in [2.24, 2.45) is 0 Å². The fourth-order valence-electron chi connectivity index (χ4n) is 1.89. The first-order valence-electron chi connectivity index (χ1n) is 6.02. The number of hydrogen-bond donors (Lipinski definition) is 4. The lowest BCUT2D eigenvalue weighted by Gasteiger charge is -2.29. The summed E-state index contributed by atoms with van der Waals surface area (Å²) in [5, 5.41) is 29.7. The van der Waals surface area contributed by atoms with E-state index in [2.05, 4.69) is 10.2 Å². The number of carbonyl (C=O) groups is 1. The van der Waals surface area contributed by atoms with Crippen LogP contribution >= 0.6 is 0 Å². The van der Waals surface area contributed by atoms with Crippen molar-refractivity contribution in [3.8, 4) is 0 Å². The monoisotopic (exact) mass is 246 g/mol. The van der Waals surface area contributed by atoms with Crippen molar-refractivity contribution in [2.45, 2.75) is 24.8 Å². The summed E-state index contributed by atoms with van der Waals surface area (Å²) >= 11 is 0. The summed E-state index contributed by atoms with van der Waals surface area (Å²) in [5.74, 6) is -0.256. The van der Waals surface area contributed by atoms with Crippen molar-refractivity contribution in [1.29, 1.82) is 0 Å². The molecule has 4 N–H and O–H groups in total. The predicted octanol–water partition coefficient (Wildman–Crippen LogP) is -1.70. The van der Waals surface area contributed by atoms with Crippen molar-refractivity contribution in [2.75, 3.05) is 39.5 Å². The van der Waals surface area contributed by atoms with Crippen molar-refractivity contribution in [1.82, 2.24) is 10.2 Å². The van der Waals surface area contributed by atoms with E-state index >= 15 is 0 Å². The lowest BCUT2D eigenvalue weighted by atomic mass is 10.0. The minimum Gasteiger partial charge on any atom is -0.394 e. The van der Waals surface area contributed by atoms with Crippen molar-refractivity contribution in [3.63, 3.8) is 0 Å². The molecular weight excluding hydrogens is 224 g/mol. The summed E-state index contributed by atoms with van der Waals surface area (Å²) < 4.78 is 0. The Balaban J connectivity index is 2.31. The number of hydrogen-bond acceptors (Lipinski definition) is 5. The van der Waals surface area contributed by atoms with Gasteiger partial charge in [0.25, 0.3) is 0 Å². The summed E-state index contributed by atoms with van der Waals surface area (Å²) in [5.41, 5.74) is -1.30. The number of nitrogens with zero attached hydrogens (tertiary/aromatic N) is 1. The molecule has 1 aliphatic rings. The summed E-state index contributed by atoms with van der Waals surface area (Å²) in [6.07, 6.45) is 2.67. The molecular formula is C11H22N2O4. The van der Waals surface area contributed by atoms with Gasteiger partial charge >= 0.3 is 0 Å². The Kier molecular flexibility index (Phi) is 5.84. The van der Waals surface area contributed by atoms with Gasteiger partial charge in [-0.25, -0.2) is 0 Å². The molecule has 1 heterocycles. The van der Waals surface area contributed by atoms with Crippen LogP contribution in [0, 0.1) is 0 Å². The molecule has 0 unspecified atom stereocenters. The van der Waals surface area contributed by atoms with E-state index in [9.17, 15) is 4.79 Å². The Hall–Kier alpha value is -0.690. The first kappa shape index (κ1) is 14.4. The molecule has 1 aliphatic heterocycles. The molecule has 0 radical (unpaired) electrons. The molecule has 0 spiro atoms. The highest BCUT2D eigenvalue weighted by Gasteiger charge is 2.29. The molecule has 1 fully saturated rings. The fraction of sp³-hybridized carbons (Fsp3) is 0.909. The normalized spacial score (nSPS) is 17.4. The number of aliphatic hydroxyl groups excluding tert-OH is 3. The van der Waals surface area contributed by atoms with E-state index in [1.165, 1.54) is 12.8 Å². The highest BCUT2D eigenvalue weighted by molar-refractivity contribution is 5.77. The maximum atomic E-state index is 11.6. The molecule has 0 aromatic rings. The van der Waals surface area contributed by atoms with E-state index in [0.29, 0.717) is 13.0 Å². The largest absolute Gasteiger partial charge is 0.394 e. The van der Waals surface area contributed by atoms with Crippen molar-refractivity contribution >= 4 is 5.91 Å². The average molecular weight is 246 g/mol. The molecule has 0 aliphatic carbocycles. The van der Waals surface area contributed by atoms with E-state index in [1.807, 2.05) is 0 Å². The predicted molar refractivity (Wildman–Crippen MR) is 62.4 cm³/mol. The van der Waals surface area contributed by atoms with Crippen LogP contribution in [0.5, 0.6) is 0 Å². The molecule has 6 nitrogen and oxygen atoms in total. The molecule has 0 saturated carbocycles. The summed E-state index contributed by atoms with van der Waals surface area (Å²) in [7, 11) is 0. The third kappa shape index (κ3) is 4.23. The topological polar surface area (TPSA) is 93.0 Å². The van der Waals surface area contributed by atoms with E-state index in [-0.39, 0.29) is 5.91 Å². The van der Waals surface area contributed by atoms with Gasteiger partial charge in [0.05, 0.1) is 19.8 Å². The number of amides is 1. The van der Waals surface area contributed by atoms with Gasteiger partial charge in [0.15, 0.2) is 0 Å². The standard InChI is InChI=1S/C11H22N2O4/c14-7-11(8-15,9-16)12-10(17)3-6-13-4-1-2-5-13/h14-16H,1-9H2,(H,12,17). The highest BCUT2D eigenvalue weighted by atomic mass is 16.3. The third-order valence-corrected chi connectivity index (χ3v) is 3.17. The molecule has 0 aromatic heterocycles. The molecule has 1 amide bonds. The van der Waals surface area contributed by atoms with Crippen LogP contribution in [0.15, 0.2) is 0 Å². The van der Waals surface area contributed by atoms with Crippen LogP contribution in [0.2, 0.25) is 0 Å². The lowest BCUT2D eigenvalue weighted by molar-refractivity contribution is -0.125. The van der Waals surface area contributed by atoms with Gasteiger partial charge in [-0.05, 0) is 25.9 Å². The number of aliphatic hydroxyl groups is 3. The summed E-state index contributed by atoms with van der Waals surface area (Å²) in [6.45, 7) is 1.31. The Morgan fingerprint density at radius 2 is 1.65 bits per heavy atom. The highest BCUT2D eigenvalue weighted by Crippen LogP contribution is 2.08. The Bertz CT molecular complexity index is 229. The van der Waals surface area contributed by atoms with Gasteiger partial charge in [-0.1, -0.05) is 0 Å². The van der Waals surface area contributed by atoms with Gasteiger partial charge < -0.3 is 25.5 Å². The average Bonchev–Trinajstić information content (AvgIpc) is 2.87. The molecule has 0 aromatic carbocycles. The molecule has 1 rings (SSSR count). The number of carbonyl (C=O) groups excluding carboxylic acids is 1. The number of nitrogens with one attached hydrogen (secondary N) is 1. The molecule has 0 atom stereocenters. The molecule has 0 bridgehead atoms. The van der Waals surface area contributed by atoms with E-state index in [0.717, 1.165) is 13.1 Å². The second-order valence-electron chi connectivity index (χ2n) is 4.60. The second kappa shape index (κ2) is 6.90. The fourth-order valence-corrected chi connectivity index (χ4v) is 1.89. The molecule has 17 heavy (non-hydrogen) atoms. The smallest absolute Gasteiger partial charge is 0.221 e. The summed E-state index contributed by atoms with van der Waals surface area (Å²) in [4.78, 5) is 13.8. The van der Waals surface area contributed by atoms with Gasteiger partial charge in [0.2, 0.25) is 5.91 Å².